The third kappa shape index (κ3) is 13.0. The molecule has 3 aromatic heterocycles. The van der Waals surface area contributed by atoms with Crippen LogP contribution in [0.4, 0.5) is 33.6 Å². The van der Waals surface area contributed by atoms with Gasteiger partial charge in [-0.05, 0) is 79.8 Å². The number of aromatic hydroxyl groups is 1. The number of pyridine rings is 1. The number of rotatable bonds is 22. The lowest BCUT2D eigenvalue weighted by Gasteiger charge is -2.13. The monoisotopic (exact) mass is 1180 g/mol. The van der Waals surface area contributed by atoms with Crippen molar-refractivity contribution in [2.75, 3.05) is 30.5 Å². The molecule has 0 unspecified atom stereocenters. The Bertz CT molecular complexity index is 4310. The molecule has 0 fully saturated rings. The Hall–Kier alpha value is -7.16. The van der Waals surface area contributed by atoms with Gasteiger partial charge in [-0.3, -0.25) is 22.6 Å². The highest BCUT2D eigenvalue weighted by Crippen LogP contribution is 2.46. The number of thioether (sulfide) groups is 1. The predicted octanol–water partition coefficient (Wildman–Crippen LogP) is 10.2. The molecule has 0 bridgehead atoms. The van der Waals surface area contributed by atoms with Crippen LogP contribution in [0.2, 0.25) is 0 Å². The van der Waals surface area contributed by atoms with Crippen LogP contribution in [0, 0.1) is 18.3 Å². The zero-order valence-corrected chi connectivity index (χ0v) is 45.4. The molecule has 0 radical (unpaired) electrons. The number of thiazole rings is 1. The summed E-state index contributed by atoms with van der Waals surface area (Å²) < 4.78 is 147. The van der Waals surface area contributed by atoms with Crippen molar-refractivity contribution in [3.63, 3.8) is 0 Å². The van der Waals surface area contributed by atoms with Crippen LogP contribution in [0.5, 0.6) is 17.4 Å². The Morgan fingerprint density at radius 3 is 2.08 bits per heavy atom. The van der Waals surface area contributed by atoms with Gasteiger partial charge in [0, 0.05) is 33.5 Å². The highest BCUT2D eigenvalue weighted by atomic mass is 32.2. The number of para-hydroxylation sites is 2. The van der Waals surface area contributed by atoms with Gasteiger partial charge in [-0.1, -0.05) is 36.5 Å². The number of nitriles is 1. The van der Waals surface area contributed by atoms with Crippen LogP contribution in [0.25, 0.3) is 37.7 Å². The Balaban J connectivity index is 1.22. The van der Waals surface area contributed by atoms with Gasteiger partial charge in [-0.25, -0.2) is 9.97 Å². The van der Waals surface area contributed by atoms with Crippen molar-refractivity contribution in [3.05, 3.63) is 89.5 Å². The average molecular weight is 1180 g/mol. The van der Waals surface area contributed by atoms with Gasteiger partial charge in [0.05, 0.1) is 57.6 Å². The summed E-state index contributed by atoms with van der Waals surface area (Å²) in [5, 5.41) is 58.6. The molecule has 78 heavy (non-hydrogen) atoms. The number of aliphatic hydroxyl groups is 1. The van der Waals surface area contributed by atoms with Crippen molar-refractivity contribution in [1.29, 1.82) is 5.26 Å². The predicted molar refractivity (Wildman–Crippen MR) is 286 cm³/mol. The van der Waals surface area contributed by atoms with Gasteiger partial charge >= 0.3 is 0 Å². The zero-order valence-electron chi connectivity index (χ0n) is 40.5. The first-order valence-corrected chi connectivity index (χ1v) is 30.6. The second kappa shape index (κ2) is 23.0. The van der Waals surface area contributed by atoms with Crippen LogP contribution in [0.3, 0.4) is 0 Å². The van der Waals surface area contributed by atoms with E-state index < -0.39 is 74.3 Å². The standard InChI is InChI=1S/C46H42N10O16S6/c1-3-12-71-38-21-35(39(73-14-7-16-76(62,63)64)22-34(38)52-55-46-49-42-40(78(68,69)70)18-26-10-11-28(77(65,66)67)19-29(26)43(42)74-46)53-50-32-20-37(72-13-6-15-75(59,60)61)33(17-27(32)24-57)51-54-41-25(2)30(23-47)44-48-31-8-4-5-9-36(31)56(44)45(41)58/h4-5,8-11,17-22,57-58H,3,6-7,12-16,24H2,1-2H3,(H,59,60,61)(H,62,63,64)(H,65,66,67)(H,68,69,70). The van der Waals surface area contributed by atoms with Gasteiger partial charge in [0.15, 0.2) is 11.3 Å². The van der Waals surface area contributed by atoms with E-state index in [0.29, 0.717) is 22.3 Å². The lowest BCUT2D eigenvalue weighted by atomic mass is 10.1. The van der Waals surface area contributed by atoms with Crippen molar-refractivity contribution in [3.8, 4) is 23.4 Å². The molecular formula is C46H42N10O16S6. The molecule has 0 saturated heterocycles. The third-order valence-corrected chi connectivity index (χ3v) is 16.7. The number of nitrogens with zero attached hydrogens (tertiary/aromatic N) is 10. The molecule has 8 rings (SSSR count). The van der Waals surface area contributed by atoms with Crippen molar-refractivity contribution < 1.29 is 71.6 Å². The minimum absolute atomic E-state index is 0.0169. The summed E-state index contributed by atoms with van der Waals surface area (Å²) in [5.41, 5.74) is 1.24. The Labute approximate surface area is 451 Å². The van der Waals surface area contributed by atoms with E-state index in [1.54, 1.807) is 31.2 Å². The maximum absolute atomic E-state index is 12.5. The van der Waals surface area contributed by atoms with Crippen LogP contribution in [-0.4, -0.2) is 107 Å². The highest BCUT2D eigenvalue weighted by Gasteiger charge is 2.24. The van der Waals surface area contributed by atoms with Crippen molar-refractivity contribution in [2.24, 2.45) is 30.7 Å². The molecule has 6 N–H and O–H groups in total. The van der Waals surface area contributed by atoms with E-state index in [9.17, 15) is 67.4 Å². The summed E-state index contributed by atoms with van der Waals surface area (Å²) in [6, 6.07) is 19.0. The van der Waals surface area contributed by atoms with E-state index in [-0.39, 0.29) is 120 Å². The average Bonchev–Trinajstić information content (AvgIpc) is 4.00. The SMILES string of the molecule is CCCOc1cc(N=Nc2cc(OCCCS(=O)(=O)O)c(N=Nc3c(C)c(C#N)c4nc5ccccc5n4c3O)cc2CO)c(SCCCS(=O)(=O)O)cc1N=Nc1nc2c(S(=O)(=O)O)cc3ccc(S(=O)(=O)O)cc3c2s1. The molecule has 32 heteroatoms. The fourth-order valence-electron chi connectivity index (χ4n) is 7.65. The van der Waals surface area contributed by atoms with E-state index in [0.717, 1.165) is 41.3 Å². The van der Waals surface area contributed by atoms with Crippen molar-refractivity contribution in [1.82, 2.24) is 14.4 Å². The number of aromatic nitrogens is 3. The first kappa shape index (κ1) is 57.0. The Kier molecular flexibility index (Phi) is 16.8. The number of aliphatic hydroxyl groups excluding tert-OH is 1. The second-order valence-corrected chi connectivity index (χ2v) is 24.8. The molecule has 0 saturated carbocycles. The van der Waals surface area contributed by atoms with E-state index in [4.69, 9.17) is 9.47 Å². The Morgan fingerprint density at radius 2 is 1.40 bits per heavy atom. The summed E-state index contributed by atoms with van der Waals surface area (Å²) in [7, 11) is -18.3. The molecule has 3 heterocycles. The first-order chi connectivity index (χ1) is 36.9. The smallest absolute Gasteiger partial charge is 0.296 e. The van der Waals surface area contributed by atoms with Crippen LogP contribution in [0.15, 0.2) is 118 Å². The van der Waals surface area contributed by atoms with Crippen molar-refractivity contribution >= 4 is 135 Å². The number of hydrogen-bond acceptors (Lipinski definition) is 23. The molecule has 26 nitrogen and oxygen atoms in total. The zero-order chi connectivity index (χ0) is 56.3. The number of azo groups is 3. The number of ether oxygens (including phenoxy) is 2. The van der Waals surface area contributed by atoms with Crippen molar-refractivity contribution in [2.45, 2.75) is 54.4 Å². The normalized spacial score (nSPS) is 12.8. The maximum atomic E-state index is 12.5. The number of benzene rings is 5. The Morgan fingerprint density at radius 1 is 0.744 bits per heavy atom. The number of imidazole rings is 1. The van der Waals surface area contributed by atoms with Crippen LogP contribution >= 0.6 is 23.1 Å². The summed E-state index contributed by atoms with van der Waals surface area (Å²) >= 11 is 1.84. The first-order valence-electron chi connectivity index (χ1n) is 22.7. The van der Waals surface area contributed by atoms with Gasteiger partial charge in [-0.2, -0.15) is 44.0 Å². The summed E-state index contributed by atoms with van der Waals surface area (Å²) in [5.74, 6) is -1.58. The molecule has 0 amide bonds. The molecule has 0 aliphatic heterocycles. The molecule has 8 aromatic rings. The highest BCUT2D eigenvalue weighted by molar-refractivity contribution is 7.99. The lowest BCUT2D eigenvalue weighted by molar-refractivity contribution is 0.281. The summed E-state index contributed by atoms with van der Waals surface area (Å²) in [6.07, 6.45) is 0.273. The maximum Gasteiger partial charge on any atom is 0.296 e. The minimum atomic E-state index is -4.90. The fourth-order valence-corrected chi connectivity index (χ4v) is 12.0. The summed E-state index contributed by atoms with van der Waals surface area (Å²) in [6.45, 7) is 2.52. The topological polar surface area (TPSA) is 405 Å². The minimum Gasteiger partial charge on any atom is -0.493 e. The van der Waals surface area contributed by atoms with E-state index >= 15 is 0 Å². The van der Waals surface area contributed by atoms with E-state index in [2.05, 4.69) is 46.7 Å². The van der Waals surface area contributed by atoms with Gasteiger partial charge in [-0.15, -0.1) is 37.3 Å². The molecule has 5 aromatic carbocycles. The summed E-state index contributed by atoms with van der Waals surface area (Å²) in [4.78, 5) is 7.96. The van der Waals surface area contributed by atoms with Crippen LogP contribution < -0.4 is 9.47 Å². The van der Waals surface area contributed by atoms with E-state index in [1.807, 2.05) is 6.92 Å². The quantitative estimate of drug-likeness (QED) is 0.0159. The van der Waals surface area contributed by atoms with Gasteiger partial charge < -0.3 is 19.7 Å². The molecule has 0 spiro atoms. The molecular weight excluding hydrogens is 1140 g/mol. The molecule has 0 aliphatic rings. The number of fused-ring (bicyclic) bond motifs is 6. The fraction of sp³-hybridized carbons (Fsp3) is 0.239. The molecule has 0 aliphatic carbocycles. The molecule has 408 valence electrons. The van der Waals surface area contributed by atoms with Crippen LogP contribution in [-0.2, 0) is 47.1 Å². The molecule has 0 atom stereocenters. The third-order valence-electron chi connectivity index (χ3n) is 11.2. The van der Waals surface area contributed by atoms with Crippen LogP contribution in [0.1, 0.15) is 42.9 Å². The lowest BCUT2D eigenvalue weighted by Crippen LogP contribution is -2.08. The number of hydrogen-bond donors (Lipinski definition) is 6. The van der Waals surface area contributed by atoms with Gasteiger partial charge in [0.25, 0.3) is 40.5 Å². The van der Waals surface area contributed by atoms with Gasteiger partial charge in [0.2, 0.25) is 11.0 Å². The largest absolute Gasteiger partial charge is 0.493 e. The van der Waals surface area contributed by atoms with E-state index in [1.165, 1.54) is 34.7 Å². The second-order valence-electron chi connectivity index (χ2n) is 16.7. The van der Waals surface area contributed by atoms with Gasteiger partial charge in [0.1, 0.15) is 50.6 Å².